The summed E-state index contributed by atoms with van der Waals surface area (Å²) in [5.74, 6) is 4.06. The molecule has 0 saturated heterocycles. The maximum Gasteiger partial charge on any atom is 0.217 e. The molecule has 0 aliphatic rings. The van der Waals surface area contributed by atoms with Crippen molar-refractivity contribution >= 4 is 11.8 Å². The Bertz CT molecular complexity index is 244. The van der Waals surface area contributed by atoms with Crippen molar-refractivity contribution in [3.8, 4) is 24.7 Å². The molecule has 0 aromatic carbocycles. The van der Waals surface area contributed by atoms with Crippen molar-refractivity contribution in [3.63, 3.8) is 0 Å². The summed E-state index contributed by atoms with van der Waals surface area (Å²) in [6.45, 7) is 3.41. The van der Waals surface area contributed by atoms with E-state index in [2.05, 4.69) is 29.3 Å². The summed E-state index contributed by atoms with van der Waals surface area (Å²) in [6.07, 6.45) is 9.46. The van der Waals surface area contributed by atoms with E-state index in [0.717, 1.165) is 0 Å². The van der Waals surface area contributed by atoms with Gasteiger partial charge in [0.05, 0.1) is 13.1 Å². The minimum atomic E-state index is -0.333. The van der Waals surface area contributed by atoms with Crippen molar-refractivity contribution in [3.05, 3.63) is 0 Å². The maximum atomic E-state index is 10.00. The van der Waals surface area contributed by atoms with Crippen LogP contribution in [0.25, 0.3) is 0 Å². The Labute approximate surface area is 90.6 Å². The van der Waals surface area contributed by atoms with Crippen molar-refractivity contribution in [2.75, 3.05) is 13.1 Å². The van der Waals surface area contributed by atoms with E-state index in [1.165, 1.54) is 13.8 Å². The molecule has 0 spiro atoms. The second kappa shape index (κ2) is 17.9. The van der Waals surface area contributed by atoms with E-state index >= 15 is 0 Å². The normalized spacial score (nSPS) is 6.20. The summed E-state index contributed by atoms with van der Waals surface area (Å²) in [5.41, 5.74) is 9.26. The molecule has 0 unspecified atom stereocenters. The van der Waals surface area contributed by atoms with Crippen molar-refractivity contribution in [1.29, 1.82) is 0 Å². The lowest BCUT2D eigenvalue weighted by atomic mass is 10.6. The molecule has 0 aromatic heterocycles. The standard InChI is InChI=1S/C5H7NO.C3H5N.C2H5NO/c1-3-4-6-5(2)7;1-2-3-4;1-2(3)4/h1H,4H2,2H3,(H,6,7);1H,3-4H2;1H3,(H2,3,4). The maximum absolute atomic E-state index is 10.00. The number of rotatable bonds is 1. The summed E-state index contributed by atoms with van der Waals surface area (Å²) in [5, 5.41) is 2.42. The van der Waals surface area contributed by atoms with Gasteiger partial charge in [-0.15, -0.1) is 12.8 Å². The lowest BCUT2D eigenvalue weighted by Gasteiger charge is -1.88. The molecule has 2 amide bonds. The Kier molecular flexibility index (Phi) is 22.4. The first-order valence-electron chi connectivity index (χ1n) is 3.99. The Morgan fingerprint density at radius 3 is 1.67 bits per heavy atom. The summed E-state index contributed by atoms with van der Waals surface area (Å²) in [4.78, 5) is 19.2. The number of carbonyl (C=O) groups is 2. The molecular weight excluding hydrogens is 194 g/mol. The van der Waals surface area contributed by atoms with Crippen molar-refractivity contribution < 1.29 is 9.59 Å². The third-order valence-corrected chi connectivity index (χ3v) is 0.557. The molecule has 0 radical (unpaired) electrons. The Hall–Kier alpha value is -1.98. The molecule has 0 aliphatic heterocycles. The number of terminal acetylenes is 2. The second-order valence-corrected chi connectivity index (χ2v) is 2.13. The monoisotopic (exact) mass is 211 g/mol. The third kappa shape index (κ3) is 132. The average molecular weight is 211 g/mol. The first-order valence-corrected chi connectivity index (χ1v) is 3.99. The highest BCUT2D eigenvalue weighted by Crippen LogP contribution is 1.54. The van der Waals surface area contributed by atoms with Crippen molar-refractivity contribution in [2.24, 2.45) is 11.5 Å². The van der Waals surface area contributed by atoms with Gasteiger partial charge in [-0.3, -0.25) is 9.59 Å². The van der Waals surface area contributed by atoms with E-state index in [1.54, 1.807) is 0 Å². The molecule has 15 heavy (non-hydrogen) atoms. The van der Waals surface area contributed by atoms with E-state index in [-0.39, 0.29) is 11.8 Å². The van der Waals surface area contributed by atoms with Crippen LogP contribution < -0.4 is 16.8 Å². The predicted molar refractivity (Wildman–Crippen MR) is 60.3 cm³/mol. The topological polar surface area (TPSA) is 98.2 Å². The molecule has 0 heterocycles. The van der Waals surface area contributed by atoms with Gasteiger partial charge in [0.25, 0.3) is 0 Å². The van der Waals surface area contributed by atoms with E-state index in [9.17, 15) is 9.59 Å². The Morgan fingerprint density at radius 1 is 1.27 bits per heavy atom. The zero-order chi connectivity index (χ0) is 12.7. The van der Waals surface area contributed by atoms with E-state index < -0.39 is 0 Å². The molecule has 0 rings (SSSR count). The zero-order valence-electron chi connectivity index (χ0n) is 9.04. The number of carbonyl (C=O) groups excluding carboxylic acids is 2. The van der Waals surface area contributed by atoms with E-state index in [4.69, 9.17) is 12.2 Å². The van der Waals surface area contributed by atoms with Crippen LogP contribution in [0.1, 0.15) is 13.8 Å². The van der Waals surface area contributed by atoms with Gasteiger partial charge in [-0.1, -0.05) is 11.8 Å². The fourth-order valence-corrected chi connectivity index (χ4v) is 0.176. The molecule has 5 nitrogen and oxygen atoms in total. The number of amides is 2. The van der Waals surface area contributed by atoms with Crippen molar-refractivity contribution in [1.82, 2.24) is 5.32 Å². The first-order chi connectivity index (χ1) is 6.92. The molecule has 0 atom stereocenters. The van der Waals surface area contributed by atoms with Crippen LogP contribution in [0.2, 0.25) is 0 Å². The van der Waals surface area contributed by atoms with Crippen LogP contribution in [-0.4, -0.2) is 24.9 Å². The number of hydrogen-bond donors (Lipinski definition) is 3. The Balaban J connectivity index is -0.000000155. The van der Waals surface area contributed by atoms with Crippen LogP contribution in [0, 0.1) is 24.7 Å². The van der Waals surface area contributed by atoms with E-state index in [1.807, 2.05) is 0 Å². The molecule has 5 N–H and O–H groups in total. The van der Waals surface area contributed by atoms with Gasteiger partial charge in [-0.05, 0) is 0 Å². The van der Waals surface area contributed by atoms with Crippen molar-refractivity contribution in [2.45, 2.75) is 13.8 Å². The van der Waals surface area contributed by atoms with E-state index in [0.29, 0.717) is 13.1 Å². The summed E-state index contributed by atoms with van der Waals surface area (Å²) in [6, 6.07) is 0. The average Bonchev–Trinajstić information content (AvgIpc) is 2.14. The molecular formula is C10H17N3O2. The highest BCUT2D eigenvalue weighted by atomic mass is 16.1. The number of nitrogens with one attached hydrogen (secondary N) is 1. The number of primary amides is 1. The lowest BCUT2D eigenvalue weighted by molar-refractivity contribution is -0.118. The fraction of sp³-hybridized carbons (Fsp3) is 0.400. The van der Waals surface area contributed by atoms with Gasteiger partial charge in [0.1, 0.15) is 0 Å². The minimum Gasteiger partial charge on any atom is -0.370 e. The predicted octanol–water partition coefficient (Wildman–Crippen LogP) is -1.17. The van der Waals surface area contributed by atoms with Crippen LogP contribution in [0.3, 0.4) is 0 Å². The smallest absolute Gasteiger partial charge is 0.217 e. The molecule has 0 aromatic rings. The van der Waals surface area contributed by atoms with Gasteiger partial charge in [0.2, 0.25) is 11.8 Å². The van der Waals surface area contributed by atoms with Crippen LogP contribution >= 0.6 is 0 Å². The van der Waals surface area contributed by atoms with Gasteiger partial charge in [-0.25, -0.2) is 0 Å². The first kappa shape index (κ1) is 18.7. The molecule has 84 valence electrons. The van der Waals surface area contributed by atoms with Gasteiger partial charge in [-0.2, -0.15) is 0 Å². The van der Waals surface area contributed by atoms with Gasteiger partial charge in [0.15, 0.2) is 0 Å². The third-order valence-electron chi connectivity index (χ3n) is 0.557. The highest BCUT2D eigenvalue weighted by Gasteiger charge is 1.81. The summed E-state index contributed by atoms with van der Waals surface area (Å²) < 4.78 is 0. The highest BCUT2D eigenvalue weighted by molar-refractivity contribution is 5.73. The largest absolute Gasteiger partial charge is 0.370 e. The lowest BCUT2D eigenvalue weighted by Crippen LogP contribution is -2.19. The quantitative estimate of drug-likeness (QED) is 0.476. The second-order valence-electron chi connectivity index (χ2n) is 2.13. The van der Waals surface area contributed by atoms with Crippen LogP contribution in [-0.2, 0) is 9.59 Å². The molecule has 0 fully saturated rings. The summed E-state index contributed by atoms with van der Waals surface area (Å²) >= 11 is 0. The van der Waals surface area contributed by atoms with Crippen LogP contribution in [0.4, 0.5) is 0 Å². The molecule has 5 heteroatoms. The zero-order valence-corrected chi connectivity index (χ0v) is 9.04. The molecule has 0 saturated carbocycles. The molecule has 0 aliphatic carbocycles. The minimum absolute atomic E-state index is 0.0852. The summed E-state index contributed by atoms with van der Waals surface area (Å²) in [7, 11) is 0. The SMILES string of the molecule is C#CCN.C#CCNC(C)=O.CC(N)=O. The van der Waals surface area contributed by atoms with Gasteiger partial charge >= 0.3 is 0 Å². The number of hydrogen-bond acceptors (Lipinski definition) is 3. The van der Waals surface area contributed by atoms with Crippen LogP contribution in [0.5, 0.6) is 0 Å². The van der Waals surface area contributed by atoms with Crippen LogP contribution in [0.15, 0.2) is 0 Å². The number of nitrogens with two attached hydrogens (primary N) is 2. The van der Waals surface area contributed by atoms with Gasteiger partial charge < -0.3 is 16.8 Å². The fourth-order valence-electron chi connectivity index (χ4n) is 0.176. The Morgan fingerprint density at radius 2 is 1.60 bits per heavy atom. The van der Waals surface area contributed by atoms with Gasteiger partial charge in [0, 0.05) is 13.8 Å². The molecule has 0 bridgehead atoms.